The topological polar surface area (TPSA) is 86.6 Å². The molecular weight excluding hydrogens is 456 g/mol. The number of hydrogen-bond donors (Lipinski definition) is 1. The molecule has 0 saturated carbocycles. The molecule has 1 atom stereocenters. The molecule has 0 aliphatic carbocycles. The summed E-state index contributed by atoms with van der Waals surface area (Å²) < 4.78 is 11.9. The van der Waals surface area contributed by atoms with Crippen LogP contribution >= 0.6 is 0 Å². The zero-order valence-corrected chi connectivity index (χ0v) is 20.9. The van der Waals surface area contributed by atoms with E-state index in [2.05, 4.69) is 5.32 Å². The number of benzene rings is 3. The number of carbonyl (C=O) groups is 3. The zero-order chi connectivity index (χ0) is 25.9. The summed E-state index contributed by atoms with van der Waals surface area (Å²) in [7, 11) is 1.29. The van der Waals surface area contributed by atoms with Crippen LogP contribution in [0.4, 0.5) is 4.79 Å². The van der Waals surface area contributed by atoms with Crippen molar-refractivity contribution in [1.82, 2.24) is 9.88 Å². The predicted molar refractivity (Wildman–Crippen MR) is 139 cm³/mol. The lowest BCUT2D eigenvalue weighted by Crippen LogP contribution is -2.43. The van der Waals surface area contributed by atoms with Gasteiger partial charge in [-0.25, -0.2) is 9.59 Å². The first-order valence-corrected chi connectivity index (χ1v) is 11.8. The summed E-state index contributed by atoms with van der Waals surface area (Å²) in [6.07, 6.45) is 1.43. The number of amides is 1. The molecule has 1 N–H and O–H groups in total. The molecule has 3 aromatic carbocycles. The standard InChI is InChI=1S/C29H30N2O5/c1-29(2,3)36-28(34)31-18-22(23-11-7-8-12-25(23)31)17-24(27(33)35-4)30-26(32)16-19-13-14-20-9-5-6-10-21(20)15-19/h5-15,18,24H,16-17H2,1-4H3,(H,30,32)/t24-/m1/s1. The minimum Gasteiger partial charge on any atom is -0.467 e. The first-order valence-electron chi connectivity index (χ1n) is 11.8. The fourth-order valence-electron chi connectivity index (χ4n) is 4.21. The maximum Gasteiger partial charge on any atom is 0.419 e. The first kappa shape index (κ1) is 25.0. The molecule has 36 heavy (non-hydrogen) atoms. The van der Waals surface area contributed by atoms with E-state index in [4.69, 9.17) is 9.47 Å². The van der Waals surface area contributed by atoms with Gasteiger partial charge in [0.2, 0.25) is 5.91 Å². The number of carbonyl (C=O) groups excluding carboxylic acids is 3. The molecule has 0 aliphatic heterocycles. The molecule has 4 rings (SSSR count). The van der Waals surface area contributed by atoms with Gasteiger partial charge < -0.3 is 14.8 Å². The number of nitrogens with zero attached hydrogens (tertiary/aromatic N) is 1. The minimum atomic E-state index is -0.916. The molecule has 1 amide bonds. The second-order valence-electron chi connectivity index (χ2n) is 9.73. The molecule has 0 spiro atoms. The number of para-hydroxylation sites is 1. The van der Waals surface area contributed by atoms with E-state index in [1.165, 1.54) is 11.7 Å². The van der Waals surface area contributed by atoms with Gasteiger partial charge >= 0.3 is 12.1 Å². The van der Waals surface area contributed by atoms with E-state index in [0.717, 1.165) is 27.3 Å². The van der Waals surface area contributed by atoms with Crippen molar-refractivity contribution in [1.29, 1.82) is 0 Å². The summed E-state index contributed by atoms with van der Waals surface area (Å²) in [5, 5.41) is 5.74. The average molecular weight is 487 g/mol. The molecule has 4 aromatic rings. The van der Waals surface area contributed by atoms with E-state index in [0.29, 0.717) is 5.52 Å². The SMILES string of the molecule is COC(=O)[C@@H](Cc1cn(C(=O)OC(C)(C)C)c2ccccc12)NC(=O)Cc1ccc2ccccc2c1. The van der Waals surface area contributed by atoms with Crippen LogP contribution in [0.25, 0.3) is 21.7 Å². The van der Waals surface area contributed by atoms with Crippen LogP contribution in [0.5, 0.6) is 0 Å². The Balaban J connectivity index is 1.56. The number of esters is 1. The lowest BCUT2D eigenvalue weighted by atomic mass is 10.0. The van der Waals surface area contributed by atoms with E-state index >= 15 is 0 Å². The van der Waals surface area contributed by atoms with Crippen molar-refractivity contribution in [3.8, 4) is 0 Å². The molecule has 7 heteroatoms. The van der Waals surface area contributed by atoms with Crippen molar-refractivity contribution in [2.24, 2.45) is 0 Å². The normalized spacial score (nSPS) is 12.3. The van der Waals surface area contributed by atoms with E-state index in [-0.39, 0.29) is 18.7 Å². The summed E-state index contributed by atoms with van der Waals surface area (Å²) in [6, 6.07) is 20.2. The third-order valence-corrected chi connectivity index (χ3v) is 5.81. The van der Waals surface area contributed by atoms with Crippen LogP contribution in [0.3, 0.4) is 0 Å². The molecule has 0 radical (unpaired) electrons. The van der Waals surface area contributed by atoms with Crippen LogP contribution in [0.2, 0.25) is 0 Å². The van der Waals surface area contributed by atoms with Gasteiger partial charge in [0.1, 0.15) is 11.6 Å². The zero-order valence-electron chi connectivity index (χ0n) is 20.9. The summed E-state index contributed by atoms with van der Waals surface area (Å²) in [5.41, 5.74) is 1.57. The van der Waals surface area contributed by atoms with Crippen molar-refractivity contribution in [2.75, 3.05) is 7.11 Å². The molecule has 0 unspecified atom stereocenters. The molecule has 186 valence electrons. The van der Waals surface area contributed by atoms with E-state index in [9.17, 15) is 14.4 Å². The summed E-state index contributed by atoms with van der Waals surface area (Å²) in [4.78, 5) is 38.3. The Labute approximate surface area is 210 Å². The fraction of sp³-hybridized carbons (Fsp3) is 0.276. The van der Waals surface area contributed by atoms with Crippen molar-refractivity contribution in [2.45, 2.75) is 45.3 Å². The van der Waals surface area contributed by atoms with Gasteiger partial charge in [0.05, 0.1) is 19.0 Å². The van der Waals surface area contributed by atoms with Crippen molar-refractivity contribution in [3.63, 3.8) is 0 Å². The monoisotopic (exact) mass is 486 g/mol. The maximum absolute atomic E-state index is 12.9. The third kappa shape index (κ3) is 5.74. The Kier molecular flexibility index (Phi) is 7.10. The largest absolute Gasteiger partial charge is 0.467 e. The fourth-order valence-corrected chi connectivity index (χ4v) is 4.21. The molecule has 1 heterocycles. The highest BCUT2D eigenvalue weighted by molar-refractivity contribution is 5.93. The van der Waals surface area contributed by atoms with Crippen LogP contribution in [-0.4, -0.2) is 41.3 Å². The van der Waals surface area contributed by atoms with Gasteiger partial charge in [-0.2, -0.15) is 0 Å². The van der Waals surface area contributed by atoms with Gasteiger partial charge in [0.15, 0.2) is 0 Å². The van der Waals surface area contributed by atoms with Crippen molar-refractivity contribution in [3.05, 3.63) is 84.1 Å². The quantitative estimate of drug-likeness (QED) is 0.387. The molecular formula is C29H30N2O5. The smallest absolute Gasteiger partial charge is 0.419 e. The summed E-state index contributed by atoms with van der Waals surface area (Å²) in [6.45, 7) is 5.40. The Morgan fingerprint density at radius 2 is 1.64 bits per heavy atom. The number of aromatic nitrogens is 1. The average Bonchev–Trinajstić information content (AvgIpc) is 3.20. The number of hydrogen-bond acceptors (Lipinski definition) is 5. The second kappa shape index (κ2) is 10.2. The van der Waals surface area contributed by atoms with Crippen LogP contribution in [-0.2, 0) is 31.9 Å². The number of nitrogens with one attached hydrogen (secondary N) is 1. The molecule has 1 aromatic heterocycles. The van der Waals surface area contributed by atoms with E-state index in [1.54, 1.807) is 27.0 Å². The number of fused-ring (bicyclic) bond motifs is 2. The van der Waals surface area contributed by atoms with Gasteiger partial charge in [-0.1, -0.05) is 60.7 Å². The maximum atomic E-state index is 12.9. The van der Waals surface area contributed by atoms with Crippen molar-refractivity contribution < 1.29 is 23.9 Å². The number of methoxy groups -OCH3 is 1. The number of ether oxygens (including phenoxy) is 2. The van der Waals surface area contributed by atoms with Gasteiger partial charge in [-0.3, -0.25) is 9.36 Å². The molecule has 0 saturated heterocycles. The van der Waals surface area contributed by atoms with Crippen LogP contribution < -0.4 is 5.32 Å². The minimum absolute atomic E-state index is 0.123. The van der Waals surface area contributed by atoms with Crippen LogP contribution in [0, 0.1) is 0 Å². The Morgan fingerprint density at radius 3 is 2.36 bits per heavy atom. The lowest BCUT2D eigenvalue weighted by Gasteiger charge is -2.19. The molecule has 7 nitrogen and oxygen atoms in total. The van der Waals surface area contributed by atoms with Gasteiger partial charge in [0.25, 0.3) is 0 Å². The van der Waals surface area contributed by atoms with Crippen molar-refractivity contribution >= 4 is 39.6 Å². The van der Waals surface area contributed by atoms with Gasteiger partial charge in [-0.15, -0.1) is 0 Å². The first-order chi connectivity index (χ1) is 17.1. The second-order valence-corrected chi connectivity index (χ2v) is 9.73. The van der Waals surface area contributed by atoms with E-state index in [1.807, 2.05) is 66.7 Å². The third-order valence-electron chi connectivity index (χ3n) is 5.81. The van der Waals surface area contributed by atoms with Crippen LogP contribution in [0.15, 0.2) is 72.9 Å². The summed E-state index contributed by atoms with van der Waals surface area (Å²) in [5.74, 6) is -0.854. The van der Waals surface area contributed by atoms with Gasteiger partial charge in [0, 0.05) is 18.0 Å². The Bertz CT molecular complexity index is 1430. The highest BCUT2D eigenvalue weighted by Crippen LogP contribution is 2.24. The molecule has 0 fully saturated rings. The molecule has 0 bridgehead atoms. The Hall–Kier alpha value is -4.13. The molecule has 0 aliphatic rings. The Morgan fingerprint density at radius 1 is 0.944 bits per heavy atom. The highest BCUT2D eigenvalue weighted by atomic mass is 16.6. The van der Waals surface area contributed by atoms with E-state index < -0.39 is 23.7 Å². The summed E-state index contributed by atoms with van der Waals surface area (Å²) >= 11 is 0. The number of rotatable bonds is 6. The predicted octanol–water partition coefficient (Wildman–Crippen LogP) is 5.02. The van der Waals surface area contributed by atoms with Crippen LogP contribution in [0.1, 0.15) is 31.9 Å². The lowest BCUT2D eigenvalue weighted by molar-refractivity contribution is -0.145. The highest BCUT2D eigenvalue weighted by Gasteiger charge is 2.26. The van der Waals surface area contributed by atoms with Gasteiger partial charge in [-0.05, 0) is 48.7 Å².